The fourth-order valence-corrected chi connectivity index (χ4v) is 4.04. The van der Waals surface area contributed by atoms with Gasteiger partial charge in [0.05, 0.1) is 13.9 Å². The molecule has 0 spiro atoms. The van der Waals surface area contributed by atoms with Crippen LogP contribution in [-0.2, 0) is 4.57 Å². The van der Waals surface area contributed by atoms with Crippen LogP contribution in [0, 0.1) is 0 Å². The summed E-state index contributed by atoms with van der Waals surface area (Å²) in [4.78, 5) is 0. The van der Waals surface area contributed by atoms with Gasteiger partial charge in [0.1, 0.15) is 0 Å². The van der Waals surface area contributed by atoms with Crippen molar-refractivity contribution in [3.63, 3.8) is 0 Å². The minimum absolute atomic E-state index is 0.271. The highest BCUT2D eigenvalue weighted by Gasteiger charge is 2.13. The van der Waals surface area contributed by atoms with Crippen LogP contribution in [0.25, 0.3) is 0 Å². The second-order valence-electron chi connectivity index (χ2n) is 6.62. The van der Waals surface area contributed by atoms with E-state index in [1.165, 1.54) is 70.6 Å². The predicted octanol–water partition coefficient (Wildman–Crippen LogP) is 6.28. The van der Waals surface area contributed by atoms with E-state index in [-0.39, 0.29) is 5.66 Å². The monoisotopic (exact) mass is 317 g/mol. The van der Waals surface area contributed by atoms with Crippen molar-refractivity contribution >= 4 is 7.80 Å². The Hall–Kier alpha value is 0.0600. The van der Waals surface area contributed by atoms with Gasteiger partial charge in [-0.15, -0.1) is 0 Å². The maximum Gasteiger partial charge on any atom is 0.0773 e. The summed E-state index contributed by atoms with van der Waals surface area (Å²) in [6, 6.07) is 0. The lowest BCUT2D eigenvalue weighted by Crippen LogP contribution is -2.07. The van der Waals surface area contributed by atoms with Crippen molar-refractivity contribution in [2.45, 2.75) is 110 Å². The molecule has 127 valence electrons. The first-order valence-electron chi connectivity index (χ1n) is 9.19. The molecule has 0 heterocycles. The van der Waals surface area contributed by atoms with E-state index in [0.29, 0.717) is 6.16 Å². The molecule has 0 aromatic heterocycles. The Morgan fingerprint density at radius 2 is 1.24 bits per heavy atom. The van der Waals surface area contributed by atoms with E-state index < -0.39 is 13.9 Å². The van der Waals surface area contributed by atoms with Crippen LogP contribution in [0.3, 0.4) is 0 Å². The molecule has 0 saturated heterocycles. The van der Waals surface area contributed by atoms with E-state index >= 15 is 0 Å². The van der Waals surface area contributed by atoms with Crippen LogP contribution in [-0.4, -0.2) is 23.0 Å². The third kappa shape index (κ3) is 14.8. The first-order valence-corrected chi connectivity index (χ1v) is 10.7. The van der Waals surface area contributed by atoms with Gasteiger partial charge in [0, 0.05) is 11.8 Å². The van der Waals surface area contributed by atoms with Crippen LogP contribution < -0.4 is 0 Å². The van der Waals surface area contributed by atoms with Gasteiger partial charge >= 0.3 is 0 Å². The van der Waals surface area contributed by atoms with E-state index in [9.17, 15) is 9.67 Å². The summed E-state index contributed by atoms with van der Waals surface area (Å²) in [6.07, 6.45) is 16.0. The van der Waals surface area contributed by atoms with Gasteiger partial charge < -0.3 is 5.11 Å². The summed E-state index contributed by atoms with van der Waals surface area (Å²) in [5.74, 6) is 0. The number of unbranched alkanes of at least 4 members (excludes halogenated alkanes) is 10. The molecular weight excluding hydrogens is 279 g/mol. The van der Waals surface area contributed by atoms with Crippen molar-refractivity contribution in [1.29, 1.82) is 0 Å². The number of aliphatic hydroxyl groups is 1. The van der Waals surface area contributed by atoms with Gasteiger partial charge in [-0.05, 0) is 13.3 Å². The Kier molecular flexibility index (Phi) is 15.0. The molecule has 2 nitrogen and oxygen atoms in total. The van der Waals surface area contributed by atoms with E-state index in [0.717, 1.165) is 6.42 Å². The van der Waals surface area contributed by atoms with Crippen LogP contribution >= 0.6 is 7.80 Å². The van der Waals surface area contributed by atoms with Gasteiger partial charge in [-0.3, -0.25) is 4.57 Å². The lowest BCUT2D eigenvalue weighted by Gasteiger charge is -2.11. The third-order valence-corrected chi connectivity index (χ3v) is 6.29. The summed E-state index contributed by atoms with van der Waals surface area (Å²) in [7, 11) is -1.22. The summed E-state index contributed by atoms with van der Waals surface area (Å²) in [6.45, 7) is 6.06. The van der Waals surface area contributed by atoms with Crippen molar-refractivity contribution in [3.8, 4) is 0 Å². The largest absolute Gasteiger partial charge is 0.393 e. The molecular formula is C18H38O2P. The maximum atomic E-state index is 11.9. The minimum Gasteiger partial charge on any atom is -0.393 e. The second-order valence-corrected chi connectivity index (χ2v) is 8.70. The Morgan fingerprint density at radius 3 is 1.67 bits per heavy atom. The van der Waals surface area contributed by atoms with Crippen molar-refractivity contribution in [2.24, 2.45) is 0 Å². The molecule has 0 saturated carbocycles. The lowest BCUT2D eigenvalue weighted by molar-refractivity contribution is 0.218. The van der Waals surface area contributed by atoms with Gasteiger partial charge in [0.2, 0.25) is 0 Å². The summed E-state index contributed by atoms with van der Waals surface area (Å²) < 4.78 is 11.9. The summed E-state index contributed by atoms with van der Waals surface area (Å²) in [5, 5.41) is 9.25. The third-order valence-electron chi connectivity index (χ3n) is 4.16. The Balaban J connectivity index is 3.26. The lowest BCUT2D eigenvalue weighted by atomic mass is 10.0. The van der Waals surface area contributed by atoms with Gasteiger partial charge in [-0.25, -0.2) is 0 Å². The highest BCUT2D eigenvalue weighted by Crippen LogP contribution is 2.32. The number of aliphatic hydroxyl groups excluding tert-OH is 1. The van der Waals surface area contributed by atoms with Gasteiger partial charge in [-0.2, -0.15) is 0 Å². The smallest absolute Gasteiger partial charge is 0.0773 e. The highest BCUT2D eigenvalue weighted by molar-refractivity contribution is 7.45. The summed E-state index contributed by atoms with van der Waals surface area (Å²) in [5.41, 5.74) is 0.271. The molecule has 0 rings (SSSR count). The Labute approximate surface area is 133 Å². The number of rotatable bonds is 15. The molecule has 1 N–H and O–H groups in total. The predicted molar refractivity (Wildman–Crippen MR) is 94.7 cm³/mol. The average Bonchev–Trinajstić information content (AvgIpc) is 2.43. The molecule has 0 bridgehead atoms. The van der Waals surface area contributed by atoms with Crippen molar-refractivity contribution in [3.05, 3.63) is 0 Å². The summed E-state index contributed by atoms with van der Waals surface area (Å²) >= 11 is 0. The average molecular weight is 317 g/mol. The van der Waals surface area contributed by atoms with Gasteiger partial charge in [-0.1, -0.05) is 84.5 Å². The van der Waals surface area contributed by atoms with Crippen molar-refractivity contribution in [2.75, 3.05) is 6.16 Å². The molecule has 0 amide bonds. The van der Waals surface area contributed by atoms with E-state index in [2.05, 4.69) is 13.8 Å². The molecule has 3 atom stereocenters. The highest BCUT2D eigenvalue weighted by atomic mass is 31.1. The quantitative estimate of drug-likeness (QED) is 0.285. The van der Waals surface area contributed by atoms with Crippen LogP contribution in [0.2, 0.25) is 0 Å². The van der Waals surface area contributed by atoms with Crippen LogP contribution in [0.1, 0.15) is 97.8 Å². The van der Waals surface area contributed by atoms with E-state index in [1.54, 1.807) is 6.92 Å². The molecule has 1 radical (unpaired) electrons. The normalized spacial score (nSPS) is 15.0. The molecule has 0 aromatic carbocycles. The molecule has 3 heteroatoms. The van der Waals surface area contributed by atoms with Crippen LogP contribution in [0.5, 0.6) is 0 Å². The first kappa shape index (κ1) is 21.1. The second kappa shape index (κ2) is 15.0. The zero-order chi connectivity index (χ0) is 15.9. The molecule has 0 aliphatic heterocycles. The van der Waals surface area contributed by atoms with Crippen molar-refractivity contribution < 1.29 is 9.67 Å². The van der Waals surface area contributed by atoms with Crippen molar-refractivity contribution in [1.82, 2.24) is 0 Å². The van der Waals surface area contributed by atoms with Crippen LogP contribution in [0.15, 0.2) is 0 Å². The molecule has 0 aromatic rings. The fraction of sp³-hybridized carbons (Fsp3) is 1.00. The zero-order valence-corrected chi connectivity index (χ0v) is 15.5. The SMILES string of the molecule is CCCCCCCCCCCCCC(C)[P](=O)CC(C)O. The molecule has 21 heavy (non-hydrogen) atoms. The molecule has 3 unspecified atom stereocenters. The molecule has 0 fully saturated rings. The number of hydrogen-bond donors (Lipinski definition) is 1. The van der Waals surface area contributed by atoms with Crippen LogP contribution in [0.4, 0.5) is 0 Å². The molecule has 0 aliphatic rings. The Bertz CT molecular complexity index is 241. The van der Waals surface area contributed by atoms with Gasteiger partial charge in [0.15, 0.2) is 0 Å². The first-order chi connectivity index (χ1) is 10.1. The van der Waals surface area contributed by atoms with E-state index in [1.807, 2.05) is 0 Å². The van der Waals surface area contributed by atoms with E-state index in [4.69, 9.17) is 0 Å². The molecule has 0 aliphatic carbocycles. The topological polar surface area (TPSA) is 37.3 Å². The maximum absolute atomic E-state index is 11.9. The standard InChI is InChI=1S/C18H38O2P/c1-4-5-6-7-8-9-10-11-12-13-14-15-18(3)21(20)16-17(2)19/h17-19H,4-16H2,1-3H3. The Morgan fingerprint density at radius 1 is 0.810 bits per heavy atom. The zero-order valence-electron chi connectivity index (χ0n) is 14.6. The minimum atomic E-state index is -1.22. The fourth-order valence-electron chi connectivity index (χ4n) is 2.69. The van der Waals surface area contributed by atoms with Gasteiger partial charge in [0.25, 0.3) is 0 Å². The number of hydrogen-bond acceptors (Lipinski definition) is 2.